The van der Waals surface area contributed by atoms with Crippen LogP contribution in [0.4, 0.5) is 0 Å². The van der Waals surface area contributed by atoms with Crippen molar-refractivity contribution in [3.63, 3.8) is 0 Å². The van der Waals surface area contributed by atoms with Crippen LogP contribution in [0, 0.1) is 13.8 Å². The molecule has 138 valence electrons. The second kappa shape index (κ2) is 7.16. The van der Waals surface area contributed by atoms with Crippen LogP contribution in [0.3, 0.4) is 0 Å². The molecule has 1 saturated heterocycles. The highest BCUT2D eigenvalue weighted by Crippen LogP contribution is 2.28. The molecule has 1 aromatic carbocycles. The summed E-state index contributed by atoms with van der Waals surface area (Å²) in [6.07, 6.45) is 1.74. The summed E-state index contributed by atoms with van der Waals surface area (Å²) in [5.74, 6) is -0.357. The molecule has 25 heavy (non-hydrogen) atoms. The van der Waals surface area contributed by atoms with Crippen molar-refractivity contribution in [2.24, 2.45) is 0 Å². The number of benzene rings is 1. The molecule has 2 amide bonds. The van der Waals surface area contributed by atoms with E-state index in [1.807, 2.05) is 32.0 Å². The summed E-state index contributed by atoms with van der Waals surface area (Å²) in [7, 11) is 0. The molecule has 5 heteroatoms. The first-order valence-corrected chi connectivity index (χ1v) is 8.91. The van der Waals surface area contributed by atoms with Crippen LogP contribution < -0.4 is 16.0 Å². The Balaban J connectivity index is 1.89. The van der Waals surface area contributed by atoms with Gasteiger partial charge in [0.1, 0.15) is 0 Å². The Labute approximate surface area is 151 Å². The van der Waals surface area contributed by atoms with Crippen molar-refractivity contribution in [1.29, 1.82) is 0 Å². The summed E-state index contributed by atoms with van der Waals surface area (Å²) in [6.45, 7) is 12.5. The third-order valence-corrected chi connectivity index (χ3v) is 4.45. The van der Waals surface area contributed by atoms with Crippen LogP contribution >= 0.6 is 0 Å². The Morgan fingerprint density at radius 3 is 2.08 bits per heavy atom. The predicted molar refractivity (Wildman–Crippen MR) is 101 cm³/mol. The minimum atomic E-state index is -0.215. The summed E-state index contributed by atoms with van der Waals surface area (Å²) in [6, 6.07) is 5.79. The number of carbonyl (C=O) groups is 2. The highest BCUT2D eigenvalue weighted by Gasteiger charge is 2.38. The molecular formula is C20H31N3O2. The number of nitrogens with one attached hydrogen (secondary N) is 3. The Morgan fingerprint density at radius 1 is 1.04 bits per heavy atom. The van der Waals surface area contributed by atoms with E-state index < -0.39 is 0 Å². The van der Waals surface area contributed by atoms with Crippen LogP contribution in [0.5, 0.6) is 0 Å². The van der Waals surface area contributed by atoms with Gasteiger partial charge in [-0.3, -0.25) is 9.59 Å². The molecule has 0 bridgehead atoms. The Bertz CT molecular complexity index is 629. The van der Waals surface area contributed by atoms with Crippen LogP contribution in [0.1, 0.15) is 62.0 Å². The molecule has 2 rings (SSSR count). The summed E-state index contributed by atoms with van der Waals surface area (Å²) >= 11 is 0. The van der Waals surface area contributed by atoms with Gasteiger partial charge in [-0.1, -0.05) is 17.2 Å². The highest BCUT2D eigenvalue weighted by atomic mass is 16.2. The lowest BCUT2D eigenvalue weighted by molar-refractivity contribution is -0.121. The highest BCUT2D eigenvalue weighted by molar-refractivity contribution is 5.96. The van der Waals surface area contributed by atoms with Gasteiger partial charge in [-0.2, -0.15) is 0 Å². The largest absolute Gasteiger partial charge is 0.352 e. The van der Waals surface area contributed by atoms with Crippen molar-refractivity contribution in [1.82, 2.24) is 16.0 Å². The van der Waals surface area contributed by atoms with E-state index in [4.69, 9.17) is 0 Å². The maximum absolute atomic E-state index is 12.3. The van der Waals surface area contributed by atoms with E-state index in [1.165, 1.54) is 0 Å². The Kier molecular flexibility index (Phi) is 5.57. The number of hydrogen-bond donors (Lipinski definition) is 3. The first-order chi connectivity index (χ1) is 11.5. The molecule has 0 aromatic heterocycles. The minimum absolute atomic E-state index is 0.00336. The molecule has 0 atom stereocenters. The van der Waals surface area contributed by atoms with E-state index in [0.29, 0.717) is 5.56 Å². The van der Waals surface area contributed by atoms with E-state index >= 15 is 0 Å². The van der Waals surface area contributed by atoms with Gasteiger partial charge >= 0.3 is 0 Å². The summed E-state index contributed by atoms with van der Waals surface area (Å²) in [4.78, 5) is 24.5. The molecule has 1 aliphatic heterocycles. The van der Waals surface area contributed by atoms with Crippen LogP contribution in [-0.4, -0.2) is 35.5 Å². The molecule has 0 unspecified atom stereocenters. The lowest BCUT2D eigenvalue weighted by Crippen LogP contribution is -2.62. The fourth-order valence-electron chi connectivity index (χ4n) is 4.07. The lowest BCUT2D eigenvalue weighted by atomic mass is 9.79. The normalized spacial score (nSPS) is 19.3. The zero-order chi connectivity index (χ0) is 18.8. The number of rotatable bonds is 4. The average molecular weight is 345 g/mol. The molecule has 1 fully saturated rings. The van der Waals surface area contributed by atoms with Gasteiger partial charge < -0.3 is 16.0 Å². The quantitative estimate of drug-likeness (QED) is 0.785. The molecule has 3 N–H and O–H groups in total. The molecule has 1 aromatic rings. The number of amides is 2. The van der Waals surface area contributed by atoms with E-state index in [9.17, 15) is 9.59 Å². The predicted octanol–water partition coefficient (Wildman–Crippen LogP) is 2.46. The van der Waals surface area contributed by atoms with Gasteiger partial charge in [-0.15, -0.1) is 0 Å². The first-order valence-electron chi connectivity index (χ1n) is 8.91. The zero-order valence-electron chi connectivity index (χ0n) is 16.2. The summed E-state index contributed by atoms with van der Waals surface area (Å²) < 4.78 is 0. The molecule has 1 aliphatic rings. The van der Waals surface area contributed by atoms with Crippen LogP contribution in [0.25, 0.3) is 0 Å². The summed E-state index contributed by atoms with van der Waals surface area (Å²) in [5.41, 5.74) is 2.61. The van der Waals surface area contributed by atoms with Crippen molar-refractivity contribution in [3.05, 3.63) is 34.9 Å². The monoisotopic (exact) mass is 345 g/mol. The number of piperidine rings is 1. The van der Waals surface area contributed by atoms with Crippen molar-refractivity contribution >= 4 is 11.8 Å². The fourth-order valence-corrected chi connectivity index (χ4v) is 4.07. The molecule has 5 nitrogen and oxygen atoms in total. The molecule has 0 spiro atoms. The topological polar surface area (TPSA) is 70.2 Å². The number of carbonyl (C=O) groups excluding carboxylic acids is 2. The van der Waals surface area contributed by atoms with Gasteiger partial charge in [-0.25, -0.2) is 0 Å². The second-order valence-electron chi connectivity index (χ2n) is 8.62. The molecular weight excluding hydrogens is 314 g/mol. The smallest absolute Gasteiger partial charge is 0.251 e. The van der Waals surface area contributed by atoms with E-state index in [-0.39, 0.29) is 35.5 Å². The van der Waals surface area contributed by atoms with Crippen molar-refractivity contribution in [2.45, 2.75) is 71.5 Å². The van der Waals surface area contributed by atoms with Crippen LogP contribution in [-0.2, 0) is 4.79 Å². The third kappa shape index (κ3) is 5.85. The van der Waals surface area contributed by atoms with Gasteiger partial charge in [0, 0.05) is 22.7 Å². The van der Waals surface area contributed by atoms with Crippen LogP contribution in [0.15, 0.2) is 18.2 Å². The van der Waals surface area contributed by atoms with Crippen LogP contribution in [0.2, 0.25) is 0 Å². The number of hydrogen-bond acceptors (Lipinski definition) is 3. The van der Waals surface area contributed by atoms with Gasteiger partial charge in [0.15, 0.2) is 0 Å². The minimum Gasteiger partial charge on any atom is -0.352 e. The SMILES string of the molecule is Cc1cc(C)cc(C(=O)NCC(=O)NC2CC(C)(C)NC(C)(C)C2)c1. The second-order valence-corrected chi connectivity index (χ2v) is 8.62. The summed E-state index contributed by atoms with van der Waals surface area (Å²) in [5, 5.41) is 9.38. The first kappa shape index (κ1) is 19.4. The van der Waals surface area contributed by atoms with Crippen molar-refractivity contribution < 1.29 is 9.59 Å². The van der Waals surface area contributed by atoms with Gasteiger partial charge in [0.2, 0.25) is 5.91 Å². The maximum Gasteiger partial charge on any atom is 0.251 e. The molecule has 0 radical (unpaired) electrons. The lowest BCUT2D eigenvalue weighted by Gasteiger charge is -2.46. The maximum atomic E-state index is 12.3. The molecule has 1 heterocycles. The van der Waals surface area contributed by atoms with Gasteiger partial charge in [0.25, 0.3) is 5.91 Å². The average Bonchev–Trinajstić information content (AvgIpc) is 2.40. The molecule has 0 aliphatic carbocycles. The third-order valence-electron chi connectivity index (χ3n) is 4.45. The zero-order valence-corrected chi connectivity index (χ0v) is 16.2. The van der Waals surface area contributed by atoms with Gasteiger partial charge in [-0.05, 0) is 66.5 Å². The Morgan fingerprint density at radius 2 is 1.56 bits per heavy atom. The fraction of sp³-hybridized carbons (Fsp3) is 0.600. The van der Waals surface area contributed by atoms with Crippen molar-refractivity contribution in [3.8, 4) is 0 Å². The Hall–Kier alpha value is -1.88. The van der Waals surface area contributed by atoms with E-state index in [0.717, 1.165) is 24.0 Å². The molecule has 0 saturated carbocycles. The standard InChI is InChI=1S/C20H31N3O2/c1-13-7-14(2)9-15(8-13)18(25)21-12-17(24)22-16-10-19(3,4)23-20(5,6)11-16/h7-9,16,23H,10-12H2,1-6H3,(H,21,25)(H,22,24). The van der Waals surface area contributed by atoms with Crippen molar-refractivity contribution in [2.75, 3.05) is 6.54 Å². The van der Waals surface area contributed by atoms with E-state index in [2.05, 4.69) is 43.6 Å². The van der Waals surface area contributed by atoms with E-state index in [1.54, 1.807) is 0 Å². The van der Waals surface area contributed by atoms with Gasteiger partial charge in [0.05, 0.1) is 6.54 Å². The number of aryl methyl sites for hydroxylation is 2.